The Bertz CT molecular complexity index is 728. The van der Waals surface area contributed by atoms with Gasteiger partial charge < -0.3 is 11.1 Å². The number of benzene rings is 1. The van der Waals surface area contributed by atoms with Gasteiger partial charge >= 0.3 is 0 Å². The van der Waals surface area contributed by atoms with Crippen LogP contribution >= 0.6 is 11.3 Å². The van der Waals surface area contributed by atoms with Gasteiger partial charge in [0.05, 0.1) is 11.2 Å². The molecule has 3 rings (SSSR count). The number of carbonyl (C=O) groups excluding carboxylic acids is 1. The zero-order valence-electron chi connectivity index (χ0n) is 13.2. The van der Waals surface area contributed by atoms with Crippen LogP contribution in [0.3, 0.4) is 0 Å². The van der Waals surface area contributed by atoms with E-state index < -0.39 is 5.54 Å². The van der Waals surface area contributed by atoms with E-state index >= 15 is 0 Å². The molecule has 1 aromatic carbocycles. The quantitative estimate of drug-likeness (QED) is 0.913. The minimum Gasteiger partial charge on any atom is -0.318 e. The van der Waals surface area contributed by atoms with Gasteiger partial charge in [0.1, 0.15) is 0 Å². The van der Waals surface area contributed by atoms with Crippen LogP contribution in [0.2, 0.25) is 0 Å². The monoisotopic (exact) mass is 315 g/mol. The van der Waals surface area contributed by atoms with Crippen LogP contribution in [0.5, 0.6) is 0 Å². The van der Waals surface area contributed by atoms with Crippen molar-refractivity contribution < 1.29 is 4.79 Å². The van der Waals surface area contributed by atoms with Gasteiger partial charge in [0.25, 0.3) is 0 Å². The van der Waals surface area contributed by atoms with E-state index in [0.29, 0.717) is 5.13 Å². The molecule has 1 aromatic heterocycles. The number of hydrogen-bond donors (Lipinski definition) is 2. The number of nitrogens with zero attached hydrogens (tertiary/aromatic N) is 1. The van der Waals surface area contributed by atoms with Crippen molar-refractivity contribution >= 4 is 22.4 Å². The summed E-state index contributed by atoms with van der Waals surface area (Å²) in [6.07, 6.45) is 3.57. The number of aryl methyl sites for hydroxylation is 3. The number of carbonyl (C=O) groups is 1. The number of aromatic nitrogens is 1. The predicted octanol–water partition coefficient (Wildman–Crippen LogP) is 3.28. The molecule has 22 heavy (non-hydrogen) atoms. The van der Waals surface area contributed by atoms with E-state index in [1.807, 2.05) is 6.92 Å². The van der Waals surface area contributed by atoms with Crippen molar-refractivity contribution in [2.75, 3.05) is 5.32 Å². The maximum absolute atomic E-state index is 12.0. The summed E-state index contributed by atoms with van der Waals surface area (Å²) in [7, 11) is 0. The minimum absolute atomic E-state index is 0.221. The summed E-state index contributed by atoms with van der Waals surface area (Å²) in [5.74, 6) is -0.221. The topological polar surface area (TPSA) is 68.0 Å². The maximum atomic E-state index is 12.0. The van der Waals surface area contributed by atoms with Crippen LogP contribution in [0, 0.1) is 6.92 Å². The van der Waals surface area contributed by atoms with Crippen molar-refractivity contribution in [2.45, 2.75) is 45.6 Å². The predicted molar refractivity (Wildman–Crippen MR) is 91.2 cm³/mol. The number of amides is 1. The molecule has 0 unspecified atom stereocenters. The van der Waals surface area contributed by atoms with Crippen molar-refractivity contribution in [3.63, 3.8) is 0 Å². The molecule has 2 aromatic rings. The first-order valence-electron chi connectivity index (χ1n) is 7.54. The Balaban J connectivity index is 1.88. The van der Waals surface area contributed by atoms with Gasteiger partial charge in [-0.2, -0.15) is 0 Å². The molecule has 0 aliphatic heterocycles. The summed E-state index contributed by atoms with van der Waals surface area (Å²) in [6, 6.07) is 6.57. The summed E-state index contributed by atoms with van der Waals surface area (Å²) in [5, 5.41) is 3.42. The zero-order chi connectivity index (χ0) is 15.9. The summed E-state index contributed by atoms with van der Waals surface area (Å²) in [4.78, 5) is 17.7. The molecule has 5 heteroatoms. The normalized spacial score (nSPS) is 14.0. The highest BCUT2D eigenvalue weighted by atomic mass is 32.1. The third-order valence-electron chi connectivity index (χ3n) is 3.97. The smallest absolute Gasteiger partial charge is 0.245 e. The van der Waals surface area contributed by atoms with Gasteiger partial charge in [-0.25, -0.2) is 4.98 Å². The summed E-state index contributed by atoms with van der Waals surface area (Å²) < 4.78 is 0. The lowest BCUT2D eigenvalue weighted by Crippen LogP contribution is -2.45. The van der Waals surface area contributed by atoms with Crippen molar-refractivity contribution in [3.8, 4) is 11.3 Å². The molecule has 0 radical (unpaired) electrons. The van der Waals surface area contributed by atoms with Gasteiger partial charge in [-0.15, -0.1) is 11.3 Å². The second-order valence-corrected chi connectivity index (χ2v) is 7.64. The number of anilines is 1. The van der Waals surface area contributed by atoms with Gasteiger partial charge in [-0.05, 0) is 57.2 Å². The molecule has 1 heterocycles. The van der Waals surface area contributed by atoms with Crippen molar-refractivity contribution in [1.29, 1.82) is 0 Å². The van der Waals surface area contributed by atoms with Crippen LogP contribution in [0.25, 0.3) is 11.3 Å². The molecule has 0 saturated heterocycles. The van der Waals surface area contributed by atoms with E-state index in [9.17, 15) is 4.79 Å². The average molecular weight is 315 g/mol. The average Bonchev–Trinajstić information content (AvgIpc) is 3.03. The molecule has 116 valence electrons. The minimum atomic E-state index is -0.909. The van der Waals surface area contributed by atoms with E-state index in [4.69, 9.17) is 5.73 Å². The summed E-state index contributed by atoms with van der Waals surface area (Å²) in [6.45, 7) is 5.40. The lowest BCUT2D eigenvalue weighted by Gasteiger charge is -2.16. The van der Waals surface area contributed by atoms with Crippen LogP contribution in [0.1, 0.15) is 36.3 Å². The Hall–Kier alpha value is -1.72. The molecule has 1 aliphatic rings. The number of fused-ring (bicyclic) bond motifs is 1. The fourth-order valence-corrected chi connectivity index (χ4v) is 3.53. The van der Waals surface area contributed by atoms with Crippen molar-refractivity contribution in [2.24, 2.45) is 5.73 Å². The Morgan fingerprint density at radius 3 is 2.77 bits per heavy atom. The zero-order valence-corrected chi connectivity index (χ0v) is 14.0. The highest BCUT2D eigenvalue weighted by molar-refractivity contribution is 7.16. The standard InChI is InChI=1S/C17H21N3OS/c1-10-14(13-8-7-11-5-4-6-12(11)9-13)19-16(22-10)20-15(21)17(2,3)18/h7-9H,4-6,18H2,1-3H3,(H,19,20,21). The molecule has 1 amide bonds. The van der Waals surface area contributed by atoms with Crippen LogP contribution < -0.4 is 11.1 Å². The van der Waals surface area contributed by atoms with Gasteiger partial charge in [-0.3, -0.25) is 4.79 Å². The third-order valence-corrected chi connectivity index (χ3v) is 4.86. The highest BCUT2D eigenvalue weighted by Crippen LogP contribution is 2.33. The summed E-state index contributed by atoms with van der Waals surface area (Å²) in [5.41, 5.74) is 9.86. The second-order valence-electron chi connectivity index (χ2n) is 6.44. The Kier molecular flexibility index (Phi) is 3.78. The van der Waals surface area contributed by atoms with Gasteiger partial charge in [0.2, 0.25) is 5.91 Å². The van der Waals surface area contributed by atoms with Crippen LogP contribution in [0.15, 0.2) is 18.2 Å². The van der Waals surface area contributed by atoms with E-state index in [0.717, 1.165) is 22.6 Å². The molecular formula is C17H21N3OS. The Labute approximate surface area is 134 Å². The molecule has 3 N–H and O–H groups in total. The molecule has 0 spiro atoms. The maximum Gasteiger partial charge on any atom is 0.245 e. The third kappa shape index (κ3) is 2.91. The largest absolute Gasteiger partial charge is 0.318 e. The molecule has 1 aliphatic carbocycles. The van der Waals surface area contributed by atoms with Crippen molar-refractivity contribution in [3.05, 3.63) is 34.2 Å². The van der Waals surface area contributed by atoms with E-state index in [1.54, 1.807) is 13.8 Å². The highest BCUT2D eigenvalue weighted by Gasteiger charge is 2.23. The molecule has 4 nitrogen and oxygen atoms in total. The lowest BCUT2D eigenvalue weighted by molar-refractivity contribution is -0.120. The number of thiazole rings is 1. The van der Waals surface area contributed by atoms with Crippen molar-refractivity contribution in [1.82, 2.24) is 4.98 Å². The number of nitrogens with one attached hydrogen (secondary N) is 1. The van der Waals surface area contributed by atoms with Crippen LogP contribution in [-0.4, -0.2) is 16.4 Å². The van der Waals surface area contributed by atoms with Crippen LogP contribution in [-0.2, 0) is 17.6 Å². The van der Waals surface area contributed by atoms with Crippen LogP contribution in [0.4, 0.5) is 5.13 Å². The van der Waals surface area contributed by atoms with Gasteiger partial charge in [-0.1, -0.05) is 12.1 Å². The van der Waals surface area contributed by atoms with E-state index in [1.165, 1.54) is 35.3 Å². The molecule has 0 bridgehead atoms. The van der Waals surface area contributed by atoms with Gasteiger partial charge in [0.15, 0.2) is 5.13 Å². The lowest BCUT2D eigenvalue weighted by atomic mass is 10.0. The first-order valence-corrected chi connectivity index (χ1v) is 8.36. The van der Waals surface area contributed by atoms with E-state index in [-0.39, 0.29) is 5.91 Å². The SMILES string of the molecule is Cc1sc(NC(=O)C(C)(C)N)nc1-c1ccc2c(c1)CCC2. The molecular weight excluding hydrogens is 294 g/mol. The summed E-state index contributed by atoms with van der Waals surface area (Å²) >= 11 is 1.49. The molecule has 0 saturated carbocycles. The molecule has 0 fully saturated rings. The number of nitrogens with two attached hydrogens (primary N) is 1. The fourth-order valence-electron chi connectivity index (χ4n) is 2.70. The number of hydrogen-bond acceptors (Lipinski definition) is 4. The number of rotatable bonds is 3. The van der Waals surface area contributed by atoms with Gasteiger partial charge in [0, 0.05) is 10.4 Å². The Morgan fingerprint density at radius 1 is 1.32 bits per heavy atom. The first-order chi connectivity index (χ1) is 10.3. The molecule has 0 atom stereocenters. The Morgan fingerprint density at radius 2 is 2.05 bits per heavy atom. The van der Waals surface area contributed by atoms with E-state index in [2.05, 4.69) is 28.5 Å². The first kappa shape index (κ1) is 15.2. The second kappa shape index (κ2) is 5.48. The fraction of sp³-hybridized carbons (Fsp3) is 0.412.